The summed E-state index contributed by atoms with van der Waals surface area (Å²) in [7, 11) is -7.44. The Labute approximate surface area is 617 Å². The molecule has 6 aromatic heterocycles. The number of H-pyrrole nitrogens is 1. The summed E-state index contributed by atoms with van der Waals surface area (Å²) in [4.78, 5) is 75.4. The highest BCUT2D eigenvalue weighted by Gasteiger charge is 2.29. The van der Waals surface area contributed by atoms with Crippen LogP contribution in [0.1, 0.15) is 136 Å². The van der Waals surface area contributed by atoms with Crippen LogP contribution in [0, 0.1) is 0 Å². The fraction of sp³-hybridized carbons (Fsp3) is 0.261. The first-order chi connectivity index (χ1) is 45.7. The Kier molecular flexibility index (Phi) is 30.3. The Morgan fingerprint density at radius 1 is 0.510 bits per heavy atom. The molecule has 0 bridgehead atoms. The number of hydrogen-bond donors (Lipinski definition) is 3. The number of hydrogen-bond acceptors (Lipinski definition) is 17. The molecule has 3 N–H and O–H groups in total. The summed E-state index contributed by atoms with van der Waals surface area (Å²) in [6, 6.07) is 32.7. The van der Waals surface area contributed by atoms with Gasteiger partial charge in [-0.05, 0) is 134 Å². The van der Waals surface area contributed by atoms with Crippen molar-refractivity contribution >= 4 is 139 Å². The fourth-order valence-electron chi connectivity index (χ4n) is 8.40. The van der Waals surface area contributed by atoms with E-state index in [2.05, 4.69) is 76.0 Å². The van der Waals surface area contributed by atoms with Crippen molar-refractivity contribution in [2.75, 3.05) is 41.7 Å². The van der Waals surface area contributed by atoms with E-state index in [1.54, 1.807) is 48.5 Å². The highest BCUT2D eigenvalue weighted by Crippen LogP contribution is 2.34. The Balaban J connectivity index is 0.000000291. The molecule has 0 radical (unpaired) electrons. The lowest BCUT2D eigenvalue weighted by molar-refractivity contribution is -0.0757. The van der Waals surface area contributed by atoms with Gasteiger partial charge in [0.2, 0.25) is 17.1 Å². The summed E-state index contributed by atoms with van der Waals surface area (Å²) in [6.45, 7) is 18.3. The number of anilines is 3. The SMILES string of the molecule is C.C.CC(C)(C)c1ccc(S(=O)(=O)Nc2cc(Cl)cnc2C(=O)c2ccc(=O)[nH]c2)cc1.CC(C)(C)c1ccc(S(=O)(=O)Nc2cc(Cl)cnc2C(=O)c2ccc(Cl)nc2)cc1.COCN(c1cc(Cl)cnc1Br)S(=O)(=O)c1ccc(C(C)(C)C)cc1.CON(C)C(=O)c1ccc(Cl)nc1. The summed E-state index contributed by atoms with van der Waals surface area (Å²) >= 11 is 32.6. The van der Waals surface area contributed by atoms with Gasteiger partial charge in [0.1, 0.15) is 33.0 Å². The standard InChI is InChI=1S/C21H19Cl2N3O3S.C21H20ClN3O4S.C17H20BrClN2O3S.C8H9ClN2O2.2CH4/c1-21(2,3)14-5-7-16(8-6-14)30(28,29)26-17-10-15(22)12-25-19(17)20(27)13-4-9-18(23)24-11-13;1-21(2,3)14-5-7-16(8-6-14)30(28,29)25-17-10-15(22)12-24-19(17)20(27)13-4-9-18(26)23-11-13;1-17(2,3)12-5-7-14(8-6-12)25(22,23)21(11-24-4)15-9-13(19)10-20-16(15)18;1-11(13-2)8(12)6-3-4-7(9)10-5-6;;/h4-12,26H,1-3H3;4-12,25H,1-3H3,(H,23,26);5-10H,11H2,1-4H3;3-5H,1-2H3;2*1H4. The van der Waals surface area contributed by atoms with E-state index in [9.17, 15) is 44.4 Å². The van der Waals surface area contributed by atoms with Gasteiger partial charge in [-0.15, -0.1) is 0 Å². The first-order valence-electron chi connectivity index (χ1n) is 29.0. The van der Waals surface area contributed by atoms with E-state index in [1.807, 2.05) is 53.7 Å². The normalized spacial score (nSPS) is 11.5. The van der Waals surface area contributed by atoms with E-state index >= 15 is 0 Å². The van der Waals surface area contributed by atoms with Crippen LogP contribution >= 0.6 is 73.9 Å². The van der Waals surface area contributed by atoms with Crippen LogP contribution < -0.4 is 19.3 Å². The van der Waals surface area contributed by atoms with E-state index in [0.29, 0.717) is 26.0 Å². The van der Waals surface area contributed by atoms with E-state index in [0.717, 1.165) is 26.1 Å². The molecular formula is C69H76BrCl5N10O12S3. The van der Waals surface area contributed by atoms with Crippen molar-refractivity contribution in [3.63, 3.8) is 0 Å². The molecule has 1 amide bonds. The van der Waals surface area contributed by atoms with Gasteiger partial charge in [-0.1, -0.05) is 172 Å². The summed E-state index contributed by atoms with van der Waals surface area (Å²) in [5.41, 5.74) is 3.17. The molecular weight excluding hydrogens is 1510 g/mol. The predicted octanol–water partition coefficient (Wildman–Crippen LogP) is 16.1. The van der Waals surface area contributed by atoms with Crippen molar-refractivity contribution in [1.82, 2.24) is 35.0 Å². The van der Waals surface area contributed by atoms with Gasteiger partial charge in [0.25, 0.3) is 36.0 Å². The zero-order valence-corrected chi connectivity index (χ0v) is 62.6. The molecule has 0 aliphatic heterocycles. The minimum Gasteiger partial charge on any atom is -0.363 e. The van der Waals surface area contributed by atoms with Crippen molar-refractivity contribution < 1.29 is 49.2 Å². The zero-order valence-electron chi connectivity index (χ0n) is 54.8. The molecule has 6 heterocycles. The molecule has 534 valence electrons. The molecule has 0 saturated heterocycles. The van der Waals surface area contributed by atoms with Crippen molar-refractivity contribution in [1.29, 1.82) is 0 Å². The van der Waals surface area contributed by atoms with E-state index < -0.39 is 41.6 Å². The topological polar surface area (TPSA) is 300 Å². The number of nitrogens with one attached hydrogen (secondary N) is 3. The number of aromatic nitrogens is 6. The van der Waals surface area contributed by atoms with Crippen molar-refractivity contribution in [2.24, 2.45) is 0 Å². The van der Waals surface area contributed by atoms with Crippen LogP contribution in [0.4, 0.5) is 17.1 Å². The maximum absolute atomic E-state index is 13.1. The van der Waals surface area contributed by atoms with Crippen LogP contribution in [-0.2, 0) is 55.9 Å². The van der Waals surface area contributed by atoms with Crippen LogP contribution in [0.3, 0.4) is 0 Å². The molecule has 9 rings (SSSR count). The van der Waals surface area contributed by atoms with Gasteiger partial charge >= 0.3 is 0 Å². The highest BCUT2D eigenvalue weighted by molar-refractivity contribution is 9.10. The van der Waals surface area contributed by atoms with Crippen molar-refractivity contribution in [3.05, 3.63) is 250 Å². The number of ketones is 2. The second kappa shape index (κ2) is 35.7. The Morgan fingerprint density at radius 2 is 0.890 bits per heavy atom. The number of carbonyl (C=O) groups excluding carboxylic acids is 3. The second-order valence-corrected chi connectivity index (χ2v) is 32.3. The van der Waals surface area contributed by atoms with Crippen LogP contribution in [0.5, 0.6) is 0 Å². The Bertz CT molecular complexity index is 4720. The molecule has 0 spiro atoms. The lowest BCUT2D eigenvalue weighted by atomic mass is 9.87. The average Bonchev–Trinajstić information content (AvgIpc) is 0.792. The maximum atomic E-state index is 13.1. The van der Waals surface area contributed by atoms with Gasteiger partial charge in [-0.25, -0.2) is 59.5 Å². The summed E-state index contributed by atoms with van der Waals surface area (Å²) in [5.74, 6) is -1.34. The van der Waals surface area contributed by atoms with Gasteiger partial charge in [0.15, 0.2) is 0 Å². The number of hydroxylamine groups is 2. The van der Waals surface area contributed by atoms with Crippen LogP contribution in [-0.4, -0.2) is 106 Å². The number of pyridine rings is 6. The molecule has 31 heteroatoms. The van der Waals surface area contributed by atoms with Gasteiger partial charge in [0.05, 0.1) is 59.5 Å². The summed E-state index contributed by atoms with van der Waals surface area (Å²) in [5, 5.41) is 2.38. The predicted molar refractivity (Wildman–Crippen MR) is 399 cm³/mol. The van der Waals surface area contributed by atoms with Crippen LogP contribution in [0.25, 0.3) is 0 Å². The number of rotatable bonds is 17. The number of nitrogens with zero attached hydrogens (tertiary/aromatic N) is 7. The minimum absolute atomic E-state index is 0. The molecule has 0 saturated carbocycles. The number of halogens is 6. The number of amides is 1. The number of aromatic amines is 1. The van der Waals surface area contributed by atoms with Crippen LogP contribution in [0.2, 0.25) is 25.4 Å². The molecule has 0 unspecified atom stereocenters. The van der Waals surface area contributed by atoms with Gasteiger partial charge in [-0.2, -0.15) is 0 Å². The minimum atomic E-state index is -4.00. The van der Waals surface area contributed by atoms with Crippen LogP contribution in [0.15, 0.2) is 189 Å². The first-order valence-corrected chi connectivity index (χ1v) is 36.1. The monoisotopic (exact) mass is 1590 g/mol. The summed E-state index contributed by atoms with van der Waals surface area (Å²) < 4.78 is 89.2. The molecule has 9 aromatic rings. The molecule has 22 nitrogen and oxygen atoms in total. The average molecular weight is 1590 g/mol. The van der Waals surface area contributed by atoms with Gasteiger partial charge < -0.3 is 9.72 Å². The molecule has 3 aromatic carbocycles. The smallest absolute Gasteiger partial charge is 0.278 e. The highest BCUT2D eigenvalue weighted by atomic mass is 79.9. The number of benzene rings is 3. The van der Waals surface area contributed by atoms with E-state index in [-0.39, 0.29) is 113 Å². The lowest BCUT2D eigenvalue weighted by Crippen LogP contribution is -2.33. The summed E-state index contributed by atoms with van der Waals surface area (Å²) in [6.07, 6.45) is 7.89. The van der Waals surface area contributed by atoms with E-state index in [1.165, 1.54) is 125 Å². The van der Waals surface area contributed by atoms with E-state index in [4.69, 9.17) is 67.6 Å². The number of carbonyl (C=O) groups is 3. The van der Waals surface area contributed by atoms with Gasteiger partial charge in [-0.3, -0.25) is 33.5 Å². The maximum Gasteiger partial charge on any atom is 0.278 e. The fourth-order valence-corrected chi connectivity index (χ4v) is 13.1. The third kappa shape index (κ3) is 23.2. The lowest BCUT2D eigenvalue weighted by Gasteiger charge is -2.25. The van der Waals surface area contributed by atoms with Crippen molar-refractivity contribution in [2.45, 2.75) is 108 Å². The number of methoxy groups -OCH3 is 1. The number of ether oxygens (including phenoxy) is 1. The Hall–Kier alpha value is -7.73. The molecule has 100 heavy (non-hydrogen) atoms. The van der Waals surface area contributed by atoms with Crippen molar-refractivity contribution in [3.8, 4) is 0 Å². The Morgan fingerprint density at radius 3 is 1.26 bits per heavy atom. The van der Waals surface area contributed by atoms with Gasteiger partial charge in [0, 0.05) is 68.5 Å². The second-order valence-electron chi connectivity index (χ2n) is 24.2. The first kappa shape index (κ1) is 84.7. The third-order valence-corrected chi connectivity index (χ3v) is 20.1. The zero-order chi connectivity index (χ0) is 72.9. The quantitative estimate of drug-likeness (QED) is 0.0330. The molecule has 0 fully saturated rings. The molecule has 0 atom stereocenters. The third-order valence-electron chi connectivity index (χ3n) is 13.9. The number of sulfonamides is 3. The molecule has 0 aliphatic carbocycles. The molecule has 0 aliphatic rings. The largest absolute Gasteiger partial charge is 0.363 e.